The van der Waals surface area contributed by atoms with Gasteiger partial charge in [-0.25, -0.2) is 0 Å². The standard InChI is InChI=1S/C14H22N4S/c1-11(10-18-7-3-2-4-8-18)17-12-5-6-13(14(15)19)16-9-12/h5-6,9,11,17H,2-4,7-8,10H2,1H3,(H2,15,19). The smallest absolute Gasteiger partial charge is 0.122 e. The molecule has 0 saturated carbocycles. The van der Waals surface area contributed by atoms with Crippen molar-refractivity contribution in [2.45, 2.75) is 32.2 Å². The Kier molecular flexibility index (Phi) is 5.10. The SMILES string of the molecule is CC(CN1CCCCC1)Nc1ccc(C(N)=S)nc1. The minimum Gasteiger partial charge on any atom is -0.388 e. The van der Waals surface area contributed by atoms with Crippen LogP contribution in [-0.4, -0.2) is 40.5 Å². The van der Waals surface area contributed by atoms with Crippen LogP contribution in [0.15, 0.2) is 18.3 Å². The third kappa shape index (κ3) is 4.44. The van der Waals surface area contributed by atoms with Crippen LogP contribution in [0.5, 0.6) is 0 Å². The van der Waals surface area contributed by atoms with Gasteiger partial charge in [0, 0.05) is 12.6 Å². The summed E-state index contributed by atoms with van der Waals surface area (Å²) in [5.41, 5.74) is 7.22. The molecule has 5 heteroatoms. The first kappa shape index (κ1) is 14.2. The molecule has 1 aliphatic rings. The predicted octanol–water partition coefficient (Wildman–Crippen LogP) is 2.00. The number of piperidine rings is 1. The van der Waals surface area contributed by atoms with E-state index < -0.39 is 0 Å². The van der Waals surface area contributed by atoms with E-state index in [2.05, 4.69) is 22.1 Å². The van der Waals surface area contributed by atoms with Gasteiger partial charge < -0.3 is 16.0 Å². The third-order valence-electron chi connectivity index (χ3n) is 3.41. The second kappa shape index (κ2) is 6.82. The van der Waals surface area contributed by atoms with E-state index in [-0.39, 0.29) is 0 Å². The number of nitrogens with zero attached hydrogens (tertiary/aromatic N) is 2. The summed E-state index contributed by atoms with van der Waals surface area (Å²) in [5, 5.41) is 3.47. The molecular formula is C14H22N4S. The van der Waals surface area contributed by atoms with Gasteiger partial charge in [0.15, 0.2) is 0 Å². The molecule has 1 fully saturated rings. The first-order valence-corrected chi connectivity index (χ1v) is 7.31. The molecule has 2 rings (SSSR count). The molecule has 0 amide bonds. The molecule has 0 aliphatic carbocycles. The largest absolute Gasteiger partial charge is 0.388 e. The van der Waals surface area contributed by atoms with Crippen molar-refractivity contribution in [2.24, 2.45) is 5.73 Å². The van der Waals surface area contributed by atoms with Crippen LogP contribution in [0, 0.1) is 0 Å². The van der Waals surface area contributed by atoms with Crippen molar-refractivity contribution in [1.82, 2.24) is 9.88 Å². The molecule has 4 nitrogen and oxygen atoms in total. The number of hydrogen-bond donors (Lipinski definition) is 2. The lowest BCUT2D eigenvalue weighted by Crippen LogP contribution is -2.38. The van der Waals surface area contributed by atoms with E-state index in [1.165, 1.54) is 32.4 Å². The van der Waals surface area contributed by atoms with Crippen LogP contribution in [0.25, 0.3) is 0 Å². The molecule has 19 heavy (non-hydrogen) atoms. The maximum atomic E-state index is 5.53. The predicted molar refractivity (Wildman–Crippen MR) is 83.5 cm³/mol. The molecule has 0 spiro atoms. The molecule has 1 aliphatic heterocycles. The van der Waals surface area contributed by atoms with Crippen LogP contribution in [-0.2, 0) is 0 Å². The van der Waals surface area contributed by atoms with Gasteiger partial charge in [0.1, 0.15) is 4.99 Å². The fraction of sp³-hybridized carbons (Fsp3) is 0.571. The normalized spacial score (nSPS) is 17.9. The lowest BCUT2D eigenvalue weighted by molar-refractivity contribution is 0.223. The number of thiocarbonyl (C=S) groups is 1. The first-order valence-electron chi connectivity index (χ1n) is 6.90. The minimum atomic E-state index is 0.341. The van der Waals surface area contributed by atoms with Crippen molar-refractivity contribution in [2.75, 3.05) is 25.0 Å². The van der Waals surface area contributed by atoms with E-state index in [9.17, 15) is 0 Å². The van der Waals surface area contributed by atoms with E-state index in [4.69, 9.17) is 18.0 Å². The molecule has 1 unspecified atom stereocenters. The summed E-state index contributed by atoms with van der Waals surface area (Å²) < 4.78 is 0. The summed E-state index contributed by atoms with van der Waals surface area (Å²) in [6.07, 6.45) is 5.83. The van der Waals surface area contributed by atoms with Crippen LogP contribution in [0.1, 0.15) is 31.9 Å². The summed E-state index contributed by atoms with van der Waals surface area (Å²) >= 11 is 4.89. The van der Waals surface area contributed by atoms with Crippen molar-refractivity contribution >= 4 is 22.9 Å². The van der Waals surface area contributed by atoms with E-state index in [1.807, 2.05) is 12.1 Å². The topological polar surface area (TPSA) is 54.2 Å². The van der Waals surface area contributed by atoms with Crippen molar-refractivity contribution in [1.29, 1.82) is 0 Å². The Labute approximate surface area is 120 Å². The molecule has 0 aromatic carbocycles. The Bertz CT molecular complexity index is 412. The van der Waals surface area contributed by atoms with Gasteiger partial charge in [-0.2, -0.15) is 0 Å². The van der Waals surface area contributed by atoms with Gasteiger partial charge in [-0.3, -0.25) is 4.98 Å². The highest BCUT2D eigenvalue weighted by atomic mass is 32.1. The summed E-state index contributed by atoms with van der Waals surface area (Å²) in [7, 11) is 0. The number of likely N-dealkylation sites (tertiary alicyclic amines) is 1. The second-order valence-electron chi connectivity index (χ2n) is 5.20. The van der Waals surface area contributed by atoms with Crippen molar-refractivity contribution in [3.8, 4) is 0 Å². The third-order valence-corrected chi connectivity index (χ3v) is 3.62. The summed E-state index contributed by atoms with van der Waals surface area (Å²) in [4.78, 5) is 7.10. The van der Waals surface area contributed by atoms with Gasteiger partial charge in [-0.15, -0.1) is 0 Å². The van der Waals surface area contributed by atoms with Crippen LogP contribution in [0.4, 0.5) is 5.69 Å². The zero-order chi connectivity index (χ0) is 13.7. The average Bonchev–Trinajstić information content (AvgIpc) is 2.40. The quantitative estimate of drug-likeness (QED) is 0.807. The Balaban J connectivity index is 1.83. The lowest BCUT2D eigenvalue weighted by atomic mass is 10.1. The molecule has 1 aromatic rings. The molecule has 1 aromatic heterocycles. The minimum absolute atomic E-state index is 0.341. The molecular weight excluding hydrogens is 256 g/mol. The molecule has 104 valence electrons. The second-order valence-corrected chi connectivity index (χ2v) is 5.64. The van der Waals surface area contributed by atoms with Crippen LogP contribution in [0.3, 0.4) is 0 Å². The number of aromatic nitrogens is 1. The zero-order valence-corrected chi connectivity index (χ0v) is 12.2. The van der Waals surface area contributed by atoms with Gasteiger partial charge >= 0.3 is 0 Å². The average molecular weight is 278 g/mol. The molecule has 0 radical (unpaired) electrons. The van der Waals surface area contributed by atoms with Gasteiger partial charge in [-0.1, -0.05) is 18.6 Å². The highest BCUT2D eigenvalue weighted by Gasteiger charge is 2.13. The van der Waals surface area contributed by atoms with Crippen molar-refractivity contribution < 1.29 is 0 Å². The maximum Gasteiger partial charge on any atom is 0.122 e. The van der Waals surface area contributed by atoms with Crippen molar-refractivity contribution in [3.63, 3.8) is 0 Å². The Morgan fingerprint density at radius 1 is 1.42 bits per heavy atom. The van der Waals surface area contributed by atoms with Crippen LogP contribution < -0.4 is 11.1 Å². The number of nitrogens with one attached hydrogen (secondary N) is 1. The fourth-order valence-electron chi connectivity index (χ4n) is 2.48. The number of pyridine rings is 1. The van der Waals surface area contributed by atoms with Gasteiger partial charge in [-0.05, 0) is 45.0 Å². The zero-order valence-electron chi connectivity index (χ0n) is 11.4. The molecule has 1 saturated heterocycles. The van der Waals surface area contributed by atoms with Gasteiger partial charge in [0.05, 0.1) is 17.6 Å². The van der Waals surface area contributed by atoms with Gasteiger partial charge in [0.25, 0.3) is 0 Å². The molecule has 3 N–H and O–H groups in total. The van der Waals surface area contributed by atoms with E-state index in [0.29, 0.717) is 16.7 Å². The fourth-order valence-corrected chi connectivity index (χ4v) is 2.61. The maximum absolute atomic E-state index is 5.53. The monoisotopic (exact) mass is 278 g/mol. The Morgan fingerprint density at radius 2 is 2.16 bits per heavy atom. The highest BCUT2D eigenvalue weighted by molar-refractivity contribution is 7.80. The summed E-state index contributed by atoms with van der Waals surface area (Å²) in [6.45, 7) is 5.74. The Hall–Kier alpha value is -1.20. The van der Waals surface area contributed by atoms with Crippen molar-refractivity contribution in [3.05, 3.63) is 24.0 Å². The molecule has 0 bridgehead atoms. The number of hydrogen-bond acceptors (Lipinski definition) is 4. The van der Waals surface area contributed by atoms with E-state index >= 15 is 0 Å². The van der Waals surface area contributed by atoms with Crippen LogP contribution in [0.2, 0.25) is 0 Å². The van der Waals surface area contributed by atoms with Crippen LogP contribution >= 0.6 is 12.2 Å². The number of rotatable bonds is 5. The van der Waals surface area contributed by atoms with Gasteiger partial charge in [0.2, 0.25) is 0 Å². The summed E-state index contributed by atoms with van der Waals surface area (Å²) in [5.74, 6) is 0. The number of anilines is 1. The Morgan fingerprint density at radius 3 is 2.74 bits per heavy atom. The highest BCUT2D eigenvalue weighted by Crippen LogP contribution is 2.12. The van der Waals surface area contributed by atoms with E-state index in [0.717, 1.165) is 12.2 Å². The molecule has 2 heterocycles. The molecule has 1 atom stereocenters. The first-order chi connectivity index (χ1) is 9.15. The number of nitrogens with two attached hydrogens (primary N) is 1. The lowest BCUT2D eigenvalue weighted by Gasteiger charge is -2.29. The summed E-state index contributed by atoms with van der Waals surface area (Å²) in [6, 6.07) is 4.25. The van der Waals surface area contributed by atoms with E-state index in [1.54, 1.807) is 6.20 Å².